The van der Waals surface area contributed by atoms with Crippen molar-refractivity contribution in [3.63, 3.8) is 0 Å². The molecule has 5 heteroatoms. The lowest BCUT2D eigenvalue weighted by Crippen LogP contribution is -2.19. The molecule has 1 saturated carbocycles. The van der Waals surface area contributed by atoms with E-state index in [9.17, 15) is 4.79 Å². The van der Waals surface area contributed by atoms with Gasteiger partial charge in [0, 0.05) is 17.0 Å². The summed E-state index contributed by atoms with van der Waals surface area (Å²) in [6.45, 7) is 0. The van der Waals surface area contributed by atoms with Crippen LogP contribution in [0.2, 0.25) is 0 Å². The van der Waals surface area contributed by atoms with E-state index in [-0.39, 0.29) is 16.4 Å². The molecule has 1 heterocycles. The molecule has 0 bridgehead atoms. The zero-order chi connectivity index (χ0) is 16.5. The van der Waals surface area contributed by atoms with Gasteiger partial charge in [-0.15, -0.1) is 0 Å². The van der Waals surface area contributed by atoms with Crippen molar-refractivity contribution in [2.75, 3.05) is 7.11 Å². The quantitative estimate of drug-likeness (QED) is 0.944. The van der Waals surface area contributed by atoms with Gasteiger partial charge in [0.15, 0.2) is 0 Å². The van der Waals surface area contributed by atoms with Crippen molar-refractivity contribution in [1.82, 2.24) is 9.78 Å². The average Bonchev–Trinajstić information content (AvgIpc) is 2.93. The molecular formula is C19H16N2O3. The molecule has 1 aromatic heterocycles. The van der Waals surface area contributed by atoms with Crippen LogP contribution < -0.4 is 0 Å². The predicted octanol–water partition coefficient (Wildman–Crippen LogP) is 2.85. The van der Waals surface area contributed by atoms with Gasteiger partial charge < -0.3 is 9.84 Å². The highest BCUT2D eigenvalue weighted by atomic mass is 16.5. The summed E-state index contributed by atoms with van der Waals surface area (Å²) in [6, 6.07) is 6.80. The van der Waals surface area contributed by atoms with Gasteiger partial charge in [-0.25, -0.2) is 9.48 Å². The van der Waals surface area contributed by atoms with Gasteiger partial charge in [0.2, 0.25) is 0 Å². The van der Waals surface area contributed by atoms with E-state index in [1.54, 1.807) is 31.4 Å². The minimum Gasteiger partial charge on any atom is -0.500 e. The lowest BCUT2D eigenvalue weighted by atomic mass is 9.89. The Bertz CT molecular complexity index is 938. The van der Waals surface area contributed by atoms with Crippen molar-refractivity contribution in [3.05, 3.63) is 71.3 Å². The molecule has 24 heavy (non-hydrogen) atoms. The largest absolute Gasteiger partial charge is 0.500 e. The summed E-state index contributed by atoms with van der Waals surface area (Å²) < 4.78 is 7.47. The fourth-order valence-electron chi connectivity index (χ4n) is 4.51. The second-order valence-corrected chi connectivity index (χ2v) is 6.80. The van der Waals surface area contributed by atoms with Crippen LogP contribution in [0.5, 0.6) is 0 Å². The maximum absolute atomic E-state index is 11.0. The van der Waals surface area contributed by atoms with E-state index in [2.05, 4.69) is 24.4 Å². The highest BCUT2D eigenvalue weighted by molar-refractivity contribution is 5.87. The van der Waals surface area contributed by atoms with E-state index >= 15 is 0 Å². The molecule has 1 aromatic carbocycles. The highest BCUT2D eigenvalue weighted by Crippen LogP contribution is 2.76. The lowest BCUT2D eigenvalue weighted by Gasteiger charge is -2.21. The van der Waals surface area contributed by atoms with Gasteiger partial charge >= 0.3 is 5.97 Å². The zero-order valence-electron chi connectivity index (χ0n) is 13.2. The monoisotopic (exact) mass is 320 g/mol. The van der Waals surface area contributed by atoms with Crippen molar-refractivity contribution in [2.45, 2.75) is 18.3 Å². The Morgan fingerprint density at radius 2 is 2.12 bits per heavy atom. The molecule has 1 fully saturated rings. The molecule has 0 spiro atoms. The van der Waals surface area contributed by atoms with E-state index in [1.807, 2.05) is 4.68 Å². The fourth-order valence-corrected chi connectivity index (χ4v) is 4.51. The number of carboxylic acids is 1. The number of carboxylic acid groups (broad SMARTS) is 1. The van der Waals surface area contributed by atoms with Gasteiger partial charge in [-0.3, -0.25) is 0 Å². The molecule has 3 aliphatic carbocycles. The normalized spacial score (nSPS) is 28.6. The van der Waals surface area contributed by atoms with Crippen LogP contribution in [0.4, 0.5) is 0 Å². The van der Waals surface area contributed by atoms with E-state index in [0.29, 0.717) is 0 Å². The summed E-state index contributed by atoms with van der Waals surface area (Å²) >= 11 is 0. The number of ether oxygens (including phenoxy) is 1. The van der Waals surface area contributed by atoms with Crippen molar-refractivity contribution in [1.29, 1.82) is 0 Å². The lowest BCUT2D eigenvalue weighted by molar-refractivity contribution is 0.0697. The average molecular weight is 320 g/mol. The number of carbonyl (C=O) groups is 1. The highest BCUT2D eigenvalue weighted by Gasteiger charge is 2.75. The summed E-state index contributed by atoms with van der Waals surface area (Å²) in [7, 11) is 1.74. The number of hydrogen-bond acceptors (Lipinski definition) is 3. The van der Waals surface area contributed by atoms with Crippen LogP contribution in [0.1, 0.15) is 28.0 Å². The number of nitrogens with zero attached hydrogens (tertiary/aromatic N) is 2. The first-order chi connectivity index (χ1) is 11.6. The molecule has 5 rings (SSSR count). The number of aromatic nitrogens is 2. The minimum absolute atomic E-state index is 0.0192. The first kappa shape index (κ1) is 13.6. The third-order valence-electron chi connectivity index (χ3n) is 5.71. The predicted molar refractivity (Wildman–Crippen MR) is 87.2 cm³/mol. The van der Waals surface area contributed by atoms with Gasteiger partial charge in [0.05, 0.1) is 24.1 Å². The maximum atomic E-state index is 11.0. The molecular weight excluding hydrogens is 304 g/mol. The second kappa shape index (κ2) is 4.17. The molecule has 120 valence electrons. The van der Waals surface area contributed by atoms with Gasteiger partial charge in [-0.05, 0) is 48.7 Å². The number of rotatable bonds is 3. The van der Waals surface area contributed by atoms with Gasteiger partial charge in [0.1, 0.15) is 5.76 Å². The SMILES string of the molecule is COC1=CC=CC23CC12Cc1cn(-c2ccc(C(=O)O)cc2)nc13. The Morgan fingerprint density at radius 3 is 2.83 bits per heavy atom. The summed E-state index contributed by atoms with van der Waals surface area (Å²) in [5.41, 5.74) is 3.58. The van der Waals surface area contributed by atoms with Crippen LogP contribution in [0.15, 0.2) is 54.4 Å². The number of hydrogen-bond donors (Lipinski definition) is 1. The maximum Gasteiger partial charge on any atom is 0.335 e. The van der Waals surface area contributed by atoms with Gasteiger partial charge in [-0.2, -0.15) is 5.10 Å². The molecule has 3 aliphatic rings. The van der Waals surface area contributed by atoms with Crippen LogP contribution in [-0.2, 0) is 16.6 Å². The van der Waals surface area contributed by atoms with Crippen molar-refractivity contribution >= 4 is 5.97 Å². The third-order valence-corrected chi connectivity index (χ3v) is 5.71. The fraction of sp³-hybridized carbons (Fsp3) is 0.263. The summed E-state index contributed by atoms with van der Waals surface area (Å²) in [5.74, 6) is 0.137. The third kappa shape index (κ3) is 1.45. The molecule has 0 amide bonds. The number of benzene rings is 1. The zero-order valence-corrected chi connectivity index (χ0v) is 13.2. The number of aromatic carboxylic acids is 1. The Hall–Kier alpha value is -2.82. The molecule has 0 saturated heterocycles. The van der Waals surface area contributed by atoms with E-state index in [1.165, 1.54) is 5.56 Å². The molecule has 1 N–H and O–H groups in total. The first-order valence-electron chi connectivity index (χ1n) is 7.96. The smallest absolute Gasteiger partial charge is 0.335 e. The molecule has 0 aliphatic heterocycles. The van der Waals surface area contributed by atoms with Crippen LogP contribution in [0.25, 0.3) is 5.69 Å². The number of fused-ring (bicyclic) bond motifs is 1. The molecule has 0 radical (unpaired) electrons. The Morgan fingerprint density at radius 1 is 1.33 bits per heavy atom. The number of allylic oxidation sites excluding steroid dienone is 4. The minimum atomic E-state index is -0.919. The molecule has 5 nitrogen and oxygen atoms in total. The van der Waals surface area contributed by atoms with Crippen molar-refractivity contribution in [3.8, 4) is 5.69 Å². The molecule has 2 atom stereocenters. The van der Waals surface area contributed by atoms with E-state index < -0.39 is 5.97 Å². The first-order valence-corrected chi connectivity index (χ1v) is 7.96. The van der Waals surface area contributed by atoms with E-state index in [0.717, 1.165) is 30.0 Å². The summed E-state index contributed by atoms with van der Waals surface area (Å²) in [6.07, 6.45) is 10.5. The van der Waals surface area contributed by atoms with Crippen LogP contribution in [-0.4, -0.2) is 28.0 Å². The van der Waals surface area contributed by atoms with Crippen molar-refractivity contribution in [2.24, 2.45) is 5.41 Å². The van der Waals surface area contributed by atoms with Gasteiger partial charge in [-0.1, -0.05) is 12.2 Å². The van der Waals surface area contributed by atoms with Crippen LogP contribution in [0.3, 0.4) is 0 Å². The van der Waals surface area contributed by atoms with Gasteiger partial charge in [0.25, 0.3) is 0 Å². The van der Waals surface area contributed by atoms with Crippen molar-refractivity contribution < 1.29 is 14.6 Å². The topological polar surface area (TPSA) is 64.3 Å². The summed E-state index contributed by atoms with van der Waals surface area (Å²) in [5, 5.41) is 13.8. The Kier molecular flexibility index (Phi) is 2.37. The second-order valence-electron chi connectivity index (χ2n) is 6.80. The van der Waals surface area contributed by atoms with Crippen LogP contribution in [0, 0.1) is 5.41 Å². The standard InChI is InChI=1S/C19H16N2O3/c1-24-15-3-2-8-18-11-19(15,18)9-13-10-21(20-16(13)18)14-6-4-12(5-7-14)17(22)23/h2-8,10H,9,11H2,1H3,(H,22,23). The molecule has 2 unspecified atom stereocenters. The molecule has 2 aromatic rings. The number of methoxy groups -OCH3 is 1. The van der Waals surface area contributed by atoms with Crippen LogP contribution >= 0.6 is 0 Å². The van der Waals surface area contributed by atoms with E-state index in [4.69, 9.17) is 14.9 Å². The Balaban J connectivity index is 1.54. The summed E-state index contributed by atoms with van der Waals surface area (Å²) in [4.78, 5) is 11.0. The Labute approximate surface area is 138 Å².